The van der Waals surface area contributed by atoms with E-state index in [9.17, 15) is 9.59 Å². The highest BCUT2D eigenvalue weighted by Crippen LogP contribution is 2.09. The third kappa shape index (κ3) is 7.49. The molecule has 0 saturated carbocycles. The van der Waals surface area contributed by atoms with Crippen LogP contribution in [0.1, 0.15) is 43.4 Å². The second kappa shape index (κ2) is 10.9. The molecule has 0 spiro atoms. The highest BCUT2D eigenvalue weighted by Gasteiger charge is 2.14. The first kappa shape index (κ1) is 19.2. The second-order valence-corrected chi connectivity index (χ2v) is 4.85. The van der Waals surface area contributed by atoms with Crippen molar-refractivity contribution in [2.45, 2.75) is 47.1 Å². The number of rotatable bonds is 3. The van der Waals surface area contributed by atoms with Gasteiger partial charge in [0.05, 0.1) is 0 Å². The maximum atomic E-state index is 10.5. The lowest BCUT2D eigenvalue weighted by molar-refractivity contribution is -0.126. The molecule has 0 radical (unpaired) electrons. The van der Waals surface area contributed by atoms with E-state index in [0.717, 1.165) is 25.8 Å². The van der Waals surface area contributed by atoms with Crippen molar-refractivity contribution < 1.29 is 9.59 Å². The molecule has 0 unspecified atom stereocenters. The van der Waals surface area contributed by atoms with Crippen molar-refractivity contribution in [1.29, 1.82) is 0 Å². The van der Waals surface area contributed by atoms with Gasteiger partial charge in [0.2, 0.25) is 12.3 Å². The van der Waals surface area contributed by atoms with E-state index in [0.29, 0.717) is 12.5 Å². The fourth-order valence-electron chi connectivity index (χ4n) is 1.93. The van der Waals surface area contributed by atoms with Gasteiger partial charge in [0.1, 0.15) is 0 Å². The Balaban J connectivity index is 0.000000377. The number of likely N-dealkylation sites (tertiary alicyclic amines) is 1. The van der Waals surface area contributed by atoms with Gasteiger partial charge in [-0.3, -0.25) is 9.59 Å². The number of benzene rings is 1. The molecule has 2 amide bonds. The molecule has 0 bridgehead atoms. The minimum Gasteiger partial charge on any atom is -0.355 e. The van der Waals surface area contributed by atoms with Gasteiger partial charge in [-0.1, -0.05) is 37.6 Å². The number of carbonyl (C=O) groups is 2. The number of amides is 2. The number of nitrogens with one attached hydrogen (secondary N) is 1. The molecule has 4 nitrogen and oxygen atoms in total. The van der Waals surface area contributed by atoms with E-state index in [4.69, 9.17) is 0 Å². The summed E-state index contributed by atoms with van der Waals surface area (Å²) >= 11 is 0. The SMILES string of the molecule is CC.CN1CCCC1=O.Cc1ccc(C)c(CNC=O)c1. The van der Waals surface area contributed by atoms with E-state index in [-0.39, 0.29) is 0 Å². The fraction of sp³-hybridized carbons (Fsp3) is 0.529. The molecule has 1 fully saturated rings. The molecule has 1 aliphatic heterocycles. The topological polar surface area (TPSA) is 49.4 Å². The van der Waals surface area contributed by atoms with Gasteiger partial charge in [-0.05, 0) is 31.4 Å². The number of hydrogen-bond donors (Lipinski definition) is 1. The molecular formula is C17H28N2O2. The molecule has 1 saturated heterocycles. The molecule has 118 valence electrons. The van der Waals surface area contributed by atoms with Gasteiger partial charge in [-0.2, -0.15) is 0 Å². The molecule has 4 heteroatoms. The molecule has 1 N–H and O–H groups in total. The largest absolute Gasteiger partial charge is 0.355 e. The molecule has 2 rings (SSSR count). The predicted molar refractivity (Wildman–Crippen MR) is 87.0 cm³/mol. The summed E-state index contributed by atoms with van der Waals surface area (Å²) in [6.45, 7) is 9.67. The lowest BCUT2D eigenvalue weighted by Gasteiger charge is -2.05. The van der Waals surface area contributed by atoms with Crippen LogP contribution in [0.5, 0.6) is 0 Å². The summed E-state index contributed by atoms with van der Waals surface area (Å²) in [4.78, 5) is 22.3. The van der Waals surface area contributed by atoms with Crippen molar-refractivity contribution in [3.63, 3.8) is 0 Å². The summed E-state index contributed by atoms with van der Waals surface area (Å²) < 4.78 is 0. The van der Waals surface area contributed by atoms with Crippen LogP contribution in [0, 0.1) is 13.8 Å². The van der Waals surface area contributed by atoms with E-state index in [1.165, 1.54) is 16.7 Å². The summed E-state index contributed by atoms with van der Waals surface area (Å²) in [5.74, 6) is 0.292. The van der Waals surface area contributed by atoms with Gasteiger partial charge in [-0.15, -0.1) is 0 Å². The molecule has 0 atom stereocenters. The summed E-state index contributed by atoms with van der Waals surface area (Å²) in [7, 11) is 1.84. The number of nitrogens with zero attached hydrogens (tertiary/aromatic N) is 1. The van der Waals surface area contributed by atoms with Crippen LogP contribution in [0.25, 0.3) is 0 Å². The van der Waals surface area contributed by atoms with Crippen LogP contribution in [0.4, 0.5) is 0 Å². The Hall–Kier alpha value is -1.84. The lowest BCUT2D eigenvalue weighted by atomic mass is 10.1. The second-order valence-electron chi connectivity index (χ2n) is 4.85. The Morgan fingerprint density at radius 1 is 1.29 bits per heavy atom. The molecule has 21 heavy (non-hydrogen) atoms. The average molecular weight is 292 g/mol. The van der Waals surface area contributed by atoms with E-state index < -0.39 is 0 Å². The van der Waals surface area contributed by atoms with Gasteiger partial charge >= 0.3 is 0 Å². The van der Waals surface area contributed by atoms with Crippen LogP contribution >= 0.6 is 0 Å². The standard InChI is InChI=1S/C10H13NO.C5H9NO.C2H6/c1-8-3-4-9(2)10(5-8)6-11-7-12;1-6-4-2-3-5(6)7;1-2/h3-5,7H,6H2,1-2H3,(H,11,12);2-4H2,1H3;1-2H3. The van der Waals surface area contributed by atoms with Gasteiger partial charge in [-0.25, -0.2) is 0 Å². The van der Waals surface area contributed by atoms with Crippen molar-refractivity contribution >= 4 is 12.3 Å². The monoisotopic (exact) mass is 292 g/mol. The molecule has 1 aromatic carbocycles. The van der Waals surface area contributed by atoms with Gasteiger partial charge in [0, 0.05) is 26.6 Å². The van der Waals surface area contributed by atoms with Crippen molar-refractivity contribution in [2.75, 3.05) is 13.6 Å². The Labute approximate surface area is 128 Å². The Morgan fingerprint density at radius 2 is 1.95 bits per heavy atom. The first-order chi connectivity index (χ1) is 10.0. The van der Waals surface area contributed by atoms with Gasteiger partial charge < -0.3 is 10.2 Å². The van der Waals surface area contributed by atoms with Crippen LogP contribution in [0.3, 0.4) is 0 Å². The van der Waals surface area contributed by atoms with Crippen LogP contribution in [0.2, 0.25) is 0 Å². The normalized spacial score (nSPS) is 12.8. The van der Waals surface area contributed by atoms with Gasteiger partial charge in [0.25, 0.3) is 0 Å². The van der Waals surface area contributed by atoms with E-state index in [1.807, 2.05) is 34.7 Å². The molecule has 1 aliphatic rings. The predicted octanol–water partition coefficient (Wildman–Crippen LogP) is 2.81. The minimum absolute atomic E-state index is 0.292. The molecule has 1 aromatic rings. The summed E-state index contributed by atoms with van der Waals surface area (Å²) in [5.41, 5.74) is 3.63. The minimum atomic E-state index is 0.292. The molecule has 0 aromatic heterocycles. The third-order valence-electron chi connectivity index (χ3n) is 3.19. The first-order valence-electron chi connectivity index (χ1n) is 7.51. The molecular weight excluding hydrogens is 264 g/mol. The highest BCUT2D eigenvalue weighted by atomic mass is 16.2. The third-order valence-corrected chi connectivity index (χ3v) is 3.19. The zero-order chi connectivity index (χ0) is 16.3. The Bertz CT molecular complexity index is 444. The van der Waals surface area contributed by atoms with E-state index in [2.05, 4.69) is 23.5 Å². The first-order valence-corrected chi connectivity index (χ1v) is 7.51. The Morgan fingerprint density at radius 3 is 2.38 bits per heavy atom. The van der Waals surface area contributed by atoms with Crippen LogP contribution in [-0.2, 0) is 16.1 Å². The highest BCUT2D eigenvalue weighted by molar-refractivity contribution is 5.77. The molecule has 1 heterocycles. The van der Waals surface area contributed by atoms with Crippen molar-refractivity contribution in [2.24, 2.45) is 0 Å². The van der Waals surface area contributed by atoms with Crippen LogP contribution in [-0.4, -0.2) is 30.8 Å². The maximum Gasteiger partial charge on any atom is 0.222 e. The summed E-state index contributed by atoms with van der Waals surface area (Å²) in [6, 6.07) is 6.22. The number of aryl methyl sites for hydroxylation is 2. The number of hydrogen-bond acceptors (Lipinski definition) is 2. The maximum absolute atomic E-state index is 10.5. The zero-order valence-corrected chi connectivity index (χ0v) is 13.9. The summed E-state index contributed by atoms with van der Waals surface area (Å²) in [6.07, 6.45) is 2.54. The van der Waals surface area contributed by atoms with Crippen LogP contribution in [0.15, 0.2) is 18.2 Å². The number of carbonyl (C=O) groups excluding carboxylic acids is 2. The van der Waals surface area contributed by atoms with Crippen molar-refractivity contribution in [3.8, 4) is 0 Å². The zero-order valence-electron chi connectivity index (χ0n) is 13.9. The quantitative estimate of drug-likeness (QED) is 0.871. The lowest BCUT2D eigenvalue weighted by Crippen LogP contribution is -2.17. The van der Waals surface area contributed by atoms with Crippen molar-refractivity contribution in [1.82, 2.24) is 10.2 Å². The van der Waals surface area contributed by atoms with E-state index >= 15 is 0 Å². The van der Waals surface area contributed by atoms with Gasteiger partial charge in [0.15, 0.2) is 0 Å². The smallest absolute Gasteiger partial charge is 0.222 e. The van der Waals surface area contributed by atoms with Crippen LogP contribution < -0.4 is 5.32 Å². The molecule has 0 aliphatic carbocycles. The Kier molecular flexibility index (Phi) is 9.94. The van der Waals surface area contributed by atoms with E-state index in [1.54, 1.807) is 4.90 Å². The van der Waals surface area contributed by atoms with Crippen molar-refractivity contribution in [3.05, 3.63) is 34.9 Å². The average Bonchev–Trinajstić information content (AvgIpc) is 2.87. The summed E-state index contributed by atoms with van der Waals surface area (Å²) in [5, 5.41) is 2.65. The fourth-order valence-corrected chi connectivity index (χ4v) is 1.93.